The third-order valence-electron chi connectivity index (χ3n) is 3.01. The van der Waals surface area contributed by atoms with Crippen LogP contribution >= 0.6 is 31.9 Å². The quantitative estimate of drug-likeness (QED) is 0.638. The molecule has 6 heteroatoms. The van der Waals surface area contributed by atoms with Gasteiger partial charge >= 0.3 is 0 Å². The fourth-order valence-corrected chi connectivity index (χ4v) is 3.52. The van der Waals surface area contributed by atoms with Crippen LogP contribution in [0, 0.1) is 0 Å². The van der Waals surface area contributed by atoms with Gasteiger partial charge in [-0.15, -0.1) is 0 Å². The lowest BCUT2D eigenvalue weighted by atomic mass is 10.2. The fraction of sp³-hybridized carbons (Fsp3) is 0.400. The van der Waals surface area contributed by atoms with Crippen molar-refractivity contribution in [2.24, 2.45) is 0 Å². The molecule has 0 saturated heterocycles. The lowest BCUT2D eigenvalue weighted by Crippen LogP contribution is -2.16. The summed E-state index contributed by atoms with van der Waals surface area (Å²) in [5.74, 6) is 1.95. The third kappa shape index (κ3) is 5.13. The molecule has 21 heavy (non-hydrogen) atoms. The summed E-state index contributed by atoms with van der Waals surface area (Å²) in [6.07, 6.45) is 5.65. The number of aromatic amines is 1. The first-order valence-corrected chi connectivity index (χ1v) is 8.59. The summed E-state index contributed by atoms with van der Waals surface area (Å²) in [4.78, 5) is 7.33. The molecule has 114 valence electrons. The van der Waals surface area contributed by atoms with Crippen LogP contribution in [-0.4, -0.2) is 23.1 Å². The molecule has 1 aromatic heterocycles. The van der Waals surface area contributed by atoms with Crippen LogP contribution in [0.25, 0.3) is 0 Å². The van der Waals surface area contributed by atoms with Crippen LogP contribution in [0.3, 0.4) is 0 Å². The number of halogens is 2. The van der Waals surface area contributed by atoms with E-state index in [-0.39, 0.29) is 0 Å². The van der Waals surface area contributed by atoms with E-state index in [1.54, 1.807) is 6.20 Å². The van der Waals surface area contributed by atoms with Crippen LogP contribution in [0.1, 0.15) is 24.7 Å². The minimum Gasteiger partial charge on any atom is -0.492 e. The third-order valence-corrected chi connectivity index (χ3v) is 4.06. The summed E-state index contributed by atoms with van der Waals surface area (Å²) in [5.41, 5.74) is 1.15. The van der Waals surface area contributed by atoms with Crippen molar-refractivity contribution < 1.29 is 4.74 Å². The van der Waals surface area contributed by atoms with Gasteiger partial charge < -0.3 is 15.0 Å². The van der Waals surface area contributed by atoms with Gasteiger partial charge in [-0.2, -0.15) is 0 Å². The standard InChI is InChI=1S/C15H19Br2N3O/c1-2-21-15-11(8-12(16)9-13(15)17)10-18-5-3-4-14-19-6-7-20-14/h6-9,18H,2-5,10H2,1H3,(H,19,20). The summed E-state index contributed by atoms with van der Waals surface area (Å²) in [6.45, 7) is 4.38. The highest BCUT2D eigenvalue weighted by Gasteiger charge is 2.09. The zero-order chi connectivity index (χ0) is 15.1. The van der Waals surface area contributed by atoms with Gasteiger partial charge in [-0.3, -0.25) is 0 Å². The molecule has 0 spiro atoms. The molecule has 0 bridgehead atoms. The number of aryl methyl sites for hydroxylation is 1. The number of benzene rings is 1. The van der Waals surface area contributed by atoms with Crippen molar-refractivity contribution in [1.82, 2.24) is 15.3 Å². The molecule has 0 aliphatic rings. The summed E-state index contributed by atoms with van der Waals surface area (Å²) in [7, 11) is 0. The van der Waals surface area contributed by atoms with E-state index in [9.17, 15) is 0 Å². The van der Waals surface area contributed by atoms with Gasteiger partial charge in [0, 0.05) is 35.4 Å². The van der Waals surface area contributed by atoms with Crippen LogP contribution < -0.4 is 10.1 Å². The number of H-pyrrole nitrogens is 1. The number of nitrogens with one attached hydrogen (secondary N) is 2. The van der Waals surface area contributed by atoms with Crippen molar-refractivity contribution in [2.45, 2.75) is 26.3 Å². The summed E-state index contributed by atoms with van der Waals surface area (Å²) >= 11 is 7.07. The Labute approximate surface area is 142 Å². The van der Waals surface area contributed by atoms with Crippen LogP contribution in [0.5, 0.6) is 5.75 Å². The highest BCUT2D eigenvalue weighted by molar-refractivity contribution is 9.11. The lowest BCUT2D eigenvalue weighted by molar-refractivity contribution is 0.333. The molecule has 4 nitrogen and oxygen atoms in total. The Hall–Kier alpha value is -0.850. The van der Waals surface area contributed by atoms with Crippen molar-refractivity contribution in [2.75, 3.05) is 13.2 Å². The number of rotatable bonds is 8. The van der Waals surface area contributed by atoms with Gasteiger partial charge in [0.05, 0.1) is 11.1 Å². The molecule has 0 atom stereocenters. The van der Waals surface area contributed by atoms with E-state index in [0.29, 0.717) is 6.61 Å². The molecule has 0 amide bonds. The number of imidazole rings is 1. The van der Waals surface area contributed by atoms with Crippen LogP contribution in [-0.2, 0) is 13.0 Å². The van der Waals surface area contributed by atoms with Gasteiger partial charge in [0.15, 0.2) is 0 Å². The van der Waals surface area contributed by atoms with Crippen LogP contribution in [0.15, 0.2) is 33.5 Å². The smallest absolute Gasteiger partial charge is 0.138 e. The second-order valence-corrected chi connectivity index (χ2v) is 6.40. The Balaban J connectivity index is 1.84. The average molecular weight is 417 g/mol. The van der Waals surface area contributed by atoms with Crippen LogP contribution in [0.4, 0.5) is 0 Å². The van der Waals surface area contributed by atoms with E-state index in [1.807, 2.05) is 19.2 Å². The molecule has 0 aliphatic carbocycles. The lowest BCUT2D eigenvalue weighted by Gasteiger charge is -2.13. The van der Waals surface area contributed by atoms with E-state index >= 15 is 0 Å². The first kappa shape index (κ1) is 16.5. The molecule has 0 unspecified atom stereocenters. The van der Waals surface area contributed by atoms with Crippen molar-refractivity contribution >= 4 is 31.9 Å². The molecule has 0 saturated carbocycles. The van der Waals surface area contributed by atoms with Gasteiger partial charge in [0.1, 0.15) is 11.6 Å². The summed E-state index contributed by atoms with van der Waals surface area (Å²) in [6, 6.07) is 4.10. The first-order valence-electron chi connectivity index (χ1n) is 7.00. The molecule has 0 radical (unpaired) electrons. The monoisotopic (exact) mass is 415 g/mol. The zero-order valence-corrected chi connectivity index (χ0v) is 15.1. The minimum absolute atomic E-state index is 0.658. The Bertz CT molecular complexity index is 558. The SMILES string of the molecule is CCOc1c(Br)cc(Br)cc1CNCCCc1ncc[nH]1. The van der Waals surface area contributed by atoms with E-state index in [4.69, 9.17) is 4.74 Å². The van der Waals surface area contributed by atoms with E-state index in [0.717, 1.165) is 52.0 Å². The van der Waals surface area contributed by atoms with Gasteiger partial charge in [0.2, 0.25) is 0 Å². The van der Waals surface area contributed by atoms with Gasteiger partial charge in [-0.1, -0.05) is 15.9 Å². The highest BCUT2D eigenvalue weighted by Crippen LogP contribution is 2.32. The van der Waals surface area contributed by atoms with Gasteiger partial charge in [0.25, 0.3) is 0 Å². The summed E-state index contributed by atoms with van der Waals surface area (Å²) < 4.78 is 7.74. The Kier molecular flexibility index (Phi) is 6.73. The summed E-state index contributed by atoms with van der Waals surface area (Å²) in [5, 5.41) is 3.45. The minimum atomic E-state index is 0.658. The van der Waals surface area contributed by atoms with Gasteiger partial charge in [-0.25, -0.2) is 4.98 Å². The van der Waals surface area contributed by atoms with E-state index in [2.05, 4.69) is 53.2 Å². The topological polar surface area (TPSA) is 49.9 Å². The molecule has 1 heterocycles. The molecule has 2 rings (SSSR count). The second kappa shape index (κ2) is 8.56. The number of hydrogen-bond donors (Lipinski definition) is 2. The maximum atomic E-state index is 5.72. The van der Waals surface area contributed by atoms with Crippen molar-refractivity contribution in [3.63, 3.8) is 0 Å². The predicted octanol–water partition coefficient (Wildman–Crippen LogP) is 4.06. The van der Waals surface area contributed by atoms with Crippen LogP contribution in [0.2, 0.25) is 0 Å². The van der Waals surface area contributed by atoms with Crippen molar-refractivity contribution in [1.29, 1.82) is 0 Å². The van der Waals surface area contributed by atoms with Crippen molar-refractivity contribution in [3.05, 3.63) is 44.9 Å². The second-order valence-electron chi connectivity index (χ2n) is 4.63. The Morgan fingerprint density at radius 1 is 1.33 bits per heavy atom. The Morgan fingerprint density at radius 3 is 2.90 bits per heavy atom. The number of ether oxygens (including phenoxy) is 1. The maximum absolute atomic E-state index is 5.72. The largest absolute Gasteiger partial charge is 0.492 e. The first-order chi connectivity index (χ1) is 10.2. The Morgan fingerprint density at radius 2 is 2.19 bits per heavy atom. The molecule has 0 aliphatic heterocycles. The maximum Gasteiger partial charge on any atom is 0.138 e. The highest BCUT2D eigenvalue weighted by atomic mass is 79.9. The van der Waals surface area contributed by atoms with Gasteiger partial charge in [-0.05, 0) is 48.0 Å². The molecule has 2 N–H and O–H groups in total. The number of nitrogens with zero attached hydrogens (tertiary/aromatic N) is 1. The molecule has 0 fully saturated rings. The van der Waals surface area contributed by atoms with E-state index in [1.165, 1.54) is 0 Å². The van der Waals surface area contributed by atoms with Crippen molar-refractivity contribution in [3.8, 4) is 5.75 Å². The van der Waals surface area contributed by atoms with E-state index < -0.39 is 0 Å². The number of aromatic nitrogens is 2. The molecule has 2 aromatic rings. The average Bonchev–Trinajstić information content (AvgIpc) is 2.95. The molecule has 1 aromatic carbocycles. The normalized spacial score (nSPS) is 10.8. The molecular formula is C15H19Br2N3O. The molecular weight excluding hydrogens is 398 g/mol. The predicted molar refractivity (Wildman–Crippen MR) is 91.6 cm³/mol. The zero-order valence-electron chi connectivity index (χ0n) is 12.0. The number of hydrogen-bond acceptors (Lipinski definition) is 3. The fourth-order valence-electron chi connectivity index (χ4n) is 2.09.